The topological polar surface area (TPSA) is 103 Å². The maximum atomic E-state index is 14.1. The lowest BCUT2D eigenvalue weighted by molar-refractivity contribution is 0.598. The molecule has 0 bridgehead atoms. The summed E-state index contributed by atoms with van der Waals surface area (Å²) in [5, 5.41) is 10.7. The van der Waals surface area contributed by atoms with Crippen molar-refractivity contribution in [2.24, 2.45) is 0 Å². The van der Waals surface area contributed by atoms with Crippen molar-refractivity contribution in [3.63, 3.8) is 0 Å². The van der Waals surface area contributed by atoms with E-state index >= 15 is 0 Å². The number of nitrogens with zero attached hydrogens (tertiary/aromatic N) is 5. The number of hydrogen-bond donors (Lipinski definition) is 1. The highest BCUT2D eigenvalue weighted by molar-refractivity contribution is 7.92. The molecule has 0 aliphatic rings. The van der Waals surface area contributed by atoms with E-state index in [0.29, 0.717) is 11.5 Å². The second-order valence-corrected chi connectivity index (χ2v) is 7.23. The molecule has 0 aliphatic heterocycles. The molecule has 2 heterocycles. The number of tetrazole rings is 1. The Kier molecular flexibility index (Phi) is 4.58. The van der Waals surface area contributed by atoms with Gasteiger partial charge in [-0.2, -0.15) is 4.68 Å². The summed E-state index contributed by atoms with van der Waals surface area (Å²) in [7, 11) is -4.18. The van der Waals surface area contributed by atoms with Crippen LogP contribution in [0.15, 0.2) is 35.2 Å². The molecule has 0 amide bonds. The number of halogens is 3. The molecule has 8 nitrogen and oxygen atoms in total. The fourth-order valence-corrected chi connectivity index (χ4v) is 3.71. The largest absolute Gasteiger partial charge is 0.276 e. The van der Waals surface area contributed by atoms with Crippen molar-refractivity contribution in [3.05, 3.63) is 52.3 Å². The van der Waals surface area contributed by atoms with Crippen LogP contribution in [0.3, 0.4) is 0 Å². The highest BCUT2D eigenvalue weighted by Gasteiger charge is 2.21. The molecule has 1 aromatic carbocycles. The van der Waals surface area contributed by atoms with Gasteiger partial charge in [-0.1, -0.05) is 23.2 Å². The number of aryl methyl sites for hydroxylation is 1. The monoisotopic (exact) mass is 402 g/mol. The quantitative estimate of drug-likeness (QED) is 0.672. The van der Waals surface area contributed by atoms with Crippen LogP contribution >= 0.6 is 23.2 Å². The lowest BCUT2D eigenvalue weighted by atomic mass is 10.2. The predicted molar refractivity (Wildman–Crippen MR) is 88.9 cm³/mol. The Hall–Kier alpha value is -2.30. The molecule has 2 aromatic heterocycles. The van der Waals surface area contributed by atoms with E-state index in [1.165, 1.54) is 28.9 Å². The van der Waals surface area contributed by atoms with E-state index in [0.717, 1.165) is 6.07 Å². The molecule has 130 valence electrons. The summed E-state index contributed by atoms with van der Waals surface area (Å²) >= 11 is 11.5. The van der Waals surface area contributed by atoms with Gasteiger partial charge in [-0.25, -0.2) is 17.8 Å². The highest BCUT2D eigenvalue weighted by atomic mass is 35.5. The van der Waals surface area contributed by atoms with Gasteiger partial charge in [0.1, 0.15) is 15.9 Å². The van der Waals surface area contributed by atoms with Crippen molar-refractivity contribution in [2.45, 2.75) is 11.8 Å². The van der Waals surface area contributed by atoms with Crippen molar-refractivity contribution < 1.29 is 12.8 Å². The minimum Gasteiger partial charge on any atom is -0.276 e. The van der Waals surface area contributed by atoms with Crippen LogP contribution in [0, 0.1) is 12.7 Å². The van der Waals surface area contributed by atoms with E-state index < -0.39 is 15.8 Å². The van der Waals surface area contributed by atoms with Gasteiger partial charge >= 0.3 is 0 Å². The number of anilines is 1. The Balaban J connectivity index is 2.01. The number of aromatic nitrogens is 5. The van der Waals surface area contributed by atoms with Gasteiger partial charge in [0.05, 0.1) is 11.4 Å². The Morgan fingerprint density at radius 1 is 1.20 bits per heavy atom. The lowest BCUT2D eigenvalue weighted by Gasteiger charge is -2.11. The van der Waals surface area contributed by atoms with Gasteiger partial charge < -0.3 is 0 Å². The summed E-state index contributed by atoms with van der Waals surface area (Å²) in [5.41, 5.74) is 0.0837. The third-order valence-electron chi connectivity index (χ3n) is 3.13. The SMILES string of the molecule is Cc1nnnn1-c1ccc(F)c(NS(=O)(=O)c2ccc(Cl)nc2Cl)c1. The molecule has 25 heavy (non-hydrogen) atoms. The molecule has 12 heteroatoms. The van der Waals surface area contributed by atoms with E-state index in [2.05, 4.69) is 25.2 Å². The average molecular weight is 403 g/mol. The van der Waals surface area contributed by atoms with Crippen LogP contribution in [-0.4, -0.2) is 33.6 Å². The van der Waals surface area contributed by atoms with Crippen LogP contribution in [-0.2, 0) is 10.0 Å². The first-order valence-electron chi connectivity index (χ1n) is 6.68. The molecular formula is C13H9Cl2FN6O2S. The van der Waals surface area contributed by atoms with Gasteiger partial charge in [-0.15, -0.1) is 5.10 Å². The summed E-state index contributed by atoms with van der Waals surface area (Å²) in [6, 6.07) is 6.20. The van der Waals surface area contributed by atoms with Crippen molar-refractivity contribution in [1.82, 2.24) is 25.2 Å². The number of hydrogen-bond acceptors (Lipinski definition) is 6. The molecule has 0 atom stereocenters. The molecule has 0 saturated heterocycles. The van der Waals surface area contributed by atoms with Gasteiger partial charge in [-0.05, 0) is 47.7 Å². The Morgan fingerprint density at radius 3 is 2.60 bits per heavy atom. The van der Waals surface area contributed by atoms with E-state index in [-0.39, 0.29) is 20.9 Å². The first-order chi connectivity index (χ1) is 11.8. The second-order valence-electron chi connectivity index (χ2n) is 4.83. The maximum Gasteiger partial charge on any atom is 0.265 e. The normalized spacial score (nSPS) is 11.5. The zero-order chi connectivity index (χ0) is 18.2. The van der Waals surface area contributed by atoms with Crippen LogP contribution in [0.25, 0.3) is 5.69 Å². The summed E-state index contributed by atoms with van der Waals surface area (Å²) in [6.45, 7) is 1.65. The van der Waals surface area contributed by atoms with Gasteiger partial charge in [0, 0.05) is 0 Å². The Bertz CT molecular complexity index is 1060. The van der Waals surface area contributed by atoms with E-state index in [9.17, 15) is 12.8 Å². The van der Waals surface area contributed by atoms with Gasteiger partial charge in [-0.3, -0.25) is 4.72 Å². The van der Waals surface area contributed by atoms with Gasteiger partial charge in [0.2, 0.25) is 0 Å². The molecule has 0 spiro atoms. The Morgan fingerprint density at radius 2 is 1.96 bits per heavy atom. The number of benzene rings is 1. The van der Waals surface area contributed by atoms with Crippen LogP contribution in [0.4, 0.5) is 10.1 Å². The first-order valence-corrected chi connectivity index (χ1v) is 8.91. The van der Waals surface area contributed by atoms with Crippen molar-refractivity contribution >= 4 is 38.9 Å². The fraction of sp³-hybridized carbons (Fsp3) is 0.0769. The van der Waals surface area contributed by atoms with Gasteiger partial charge in [0.25, 0.3) is 10.0 Å². The molecule has 3 rings (SSSR count). The second kappa shape index (κ2) is 6.54. The molecular weight excluding hydrogens is 394 g/mol. The third-order valence-corrected chi connectivity index (χ3v) is 5.14. The maximum absolute atomic E-state index is 14.1. The van der Waals surface area contributed by atoms with Crippen LogP contribution < -0.4 is 4.72 Å². The lowest BCUT2D eigenvalue weighted by Crippen LogP contribution is -2.15. The summed E-state index contributed by atoms with van der Waals surface area (Å²) in [5.74, 6) is -0.332. The third kappa shape index (κ3) is 3.55. The average Bonchev–Trinajstić information content (AvgIpc) is 2.95. The molecule has 0 fully saturated rings. The molecule has 0 aliphatic carbocycles. The van der Waals surface area contributed by atoms with Crippen molar-refractivity contribution in [2.75, 3.05) is 4.72 Å². The summed E-state index contributed by atoms with van der Waals surface area (Å²) < 4.78 is 42.4. The molecule has 0 radical (unpaired) electrons. The molecule has 0 unspecified atom stereocenters. The van der Waals surface area contributed by atoms with Crippen molar-refractivity contribution in [1.29, 1.82) is 0 Å². The highest BCUT2D eigenvalue weighted by Crippen LogP contribution is 2.26. The molecule has 1 N–H and O–H groups in total. The molecule has 0 saturated carbocycles. The number of pyridine rings is 1. The minimum atomic E-state index is -4.18. The minimum absolute atomic E-state index is 0.0336. The Labute approximate surface area is 151 Å². The van der Waals surface area contributed by atoms with E-state index in [1.807, 2.05) is 0 Å². The van der Waals surface area contributed by atoms with Crippen LogP contribution in [0.2, 0.25) is 10.3 Å². The fourth-order valence-electron chi connectivity index (χ4n) is 1.99. The first kappa shape index (κ1) is 17.5. The predicted octanol–water partition coefficient (Wildman–Crippen LogP) is 2.61. The zero-order valence-electron chi connectivity index (χ0n) is 12.5. The zero-order valence-corrected chi connectivity index (χ0v) is 14.8. The van der Waals surface area contributed by atoms with Crippen LogP contribution in [0.5, 0.6) is 0 Å². The summed E-state index contributed by atoms with van der Waals surface area (Å²) in [6.07, 6.45) is 0. The summed E-state index contributed by atoms with van der Waals surface area (Å²) in [4.78, 5) is 3.33. The van der Waals surface area contributed by atoms with Crippen molar-refractivity contribution in [3.8, 4) is 5.69 Å². The molecule has 3 aromatic rings. The number of nitrogens with one attached hydrogen (secondary N) is 1. The van der Waals surface area contributed by atoms with E-state index in [4.69, 9.17) is 23.2 Å². The van der Waals surface area contributed by atoms with Gasteiger partial charge in [0.15, 0.2) is 11.0 Å². The van der Waals surface area contributed by atoms with E-state index in [1.54, 1.807) is 6.92 Å². The van der Waals surface area contributed by atoms with Crippen LogP contribution in [0.1, 0.15) is 5.82 Å². The standard InChI is InChI=1S/C13H9Cl2FN6O2S/c1-7-18-20-21-22(7)8-2-3-9(16)10(6-8)19-25(23,24)11-4-5-12(14)17-13(11)15/h2-6,19H,1H3. The number of sulfonamides is 1. The smallest absolute Gasteiger partial charge is 0.265 e. The number of rotatable bonds is 4.